The van der Waals surface area contributed by atoms with Gasteiger partial charge in [0.05, 0.1) is 0 Å². The summed E-state index contributed by atoms with van der Waals surface area (Å²) >= 11 is 0. The molecule has 0 spiro atoms. The highest BCUT2D eigenvalue weighted by molar-refractivity contribution is 5.54. The van der Waals surface area contributed by atoms with E-state index < -0.39 is 0 Å². The van der Waals surface area contributed by atoms with Crippen LogP contribution in [0, 0.1) is 11.7 Å². The van der Waals surface area contributed by atoms with Crippen LogP contribution in [-0.4, -0.2) is 26.2 Å². The van der Waals surface area contributed by atoms with E-state index >= 15 is 0 Å². The summed E-state index contributed by atoms with van der Waals surface area (Å²) in [6, 6.07) is 5.39. The van der Waals surface area contributed by atoms with Gasteiger partial charge in [0, 0.05) is 18.8 Å². The molecule has 0 saturated carbocycles. The smallest absolute Gasteiger partial charge is 0.123 e. The number of piperidine rings is 2. The van der Waals surface area contributed by atoms with Crippen molar-refractivity contribution in [2.75, 3.05) is 31.1 Å². The average Bonchev–Trinajstić information content (AvgIpc) is 2.49. The van der Waals surface area contributed by atoms with E-state index in [0.717, 1.165) is 32.6 Å². The van der Waals surface area contributed by atoms with Gasteiger partial charge in [0.1, 0.15) is 5.82 Å². The number of benzene rings is 1. The van der Waals surface area contributed by atoms with E-state index in [0.29, 0.717) is 5.92 Å². The maximum absolute atomic E-state index is 13.6. The second kappa shape index (κ2) is 6.57. The summed E-state index contributed by atoms with van der Waals surface area (Å²) in [7, 11) is 0. The van der Waals surface area contributed by atoms with Crippen LogP contribution in [0.25, 0.3) is 0 Å². The van der Waals surface area contributed by atoms with Gasteiger partial charge in [0.25, 0.3) is 0 Å². The highest BCUT2D eigenvalue weighted by Crippen LogP contribution is 2.29. The van der Waals surface area contributed by atoms with Crippen molar-refractivity contribution in [3.05, 3.63) is 29.6 Å². The van der Waals surface area contributed by atoms with Crippen LogP contribution < -0.4 is 10.2 Å². The minimum absolute atomic E-state index is 0.0882. The van der Waals surface area contributed by atoms with E-state index in [2.05, 4.69) is 10.2 Å². The standard InChI is InChI=1S/C17H25FN2/c18-16-4-5-17(20-10-2-1-3-11-20)15(13-16)12-14-6-8-19-9-7-14/h4-5,13-14,19H,1-3,6-12H2. The fourth-order valence-electron chi connectivity index (χ4n) is 3.56. The van der Waals surface area contributed by atoms with Gasteiger partial charge in [-0.2, -0.15) is 0 Å². The van der Waals surface area contributed by atoms with Crippen LogP contribution in [0.5, 0.6) is 0 Å². The number of halogens is 1. The van der Waals surface area contributed by atoms with Crippen LogP contribution in [-0.2, 0) is 6.42 Å². The summed E-state index contributed by atoms with van der Waals surface area (Å²) in [6.07, 6.45) is 7.34. The average molecular weight is 276 g/mol. The monoisotopic (exact) mass is 276 g/mol. The molecule has 2 fully saturated rings. The minimum Gasteiger partial charge on any atom is -0.371 e. The van der Waals surface area contributed by atoms with Crippen LogP contribution in [0.2, 0.25) is 0 Å². The molecular formula is C17H25FN2. The van der Waals surface area contributed by atoms with Crippen molar-refractivity contribution in [1.29, 1.82) is 0 Å². The molecule has 0 aliphatic carbocycles. The maximum Gasteiger partial charge on any atom is 0.123 e. The highest BCUT2D eigenvalue weighted by Gasteiger charge is 2.19. The summed E-state index contributed by atoms with van der Waals surface area (Å²) in [6.45, 7) is 4.48. The number of nitrogens with one attached hydrogen (secondary N) is 1. The summed E-state index contributed by atoms with van der Waals surface area (Å²) in [5.74, 6) is 0.622. The van der Waals surface area contributed by atoms with Gasteiger partial charge in [-0.15, -0.1) is 0 Å². The molecular weight excluding hydrogens is 251 g/mol. The molecule has 2 nitrogen and oxygen atoms in total. The molecule has 1 aromatic carbocycles. The van der Waals surface area contributed by atoms with E-state index in [1.54, 1.807) is 12.1 Å². The Balaban J connectivity index is 1.77. The Morgan fingerprint density at radius 2 is 1.85 bits per heavy atom. The molecule has 2 aliphatic rings. The Bertz CT molecular complexity index is 435. The Hall–Kier alpha value is -1.09. The van der Waals surface area contributed by atoms with Crippen LogP contribution in [0.1, 0.15) is 37.7 Å². The van der Waals surface area contributed by atoms with E-state index in [1.165, 1.54) is 43.4 Å². The van der Waals surface area contributed by atoms with Gasteiger partial charge in [-0.3, -0.25) is 0 Å². The molecule has 20 heavy (non-hydrogen) atoms. The van der Waals surface area contributed by atoms with Gasteiger partial charge >= 0.3 is 0 Å². The molecule has 0 unspecified atom stereocenters. The first kappa shape index (κ1) is 13.9. The number of hydrogen-bond acceptors (Lipinski definition) is 2. The molecule has 2 aliphatic heterocycles. The minimum atomic E-state index is -0.0882. The van der Waals surface area contributed by atoms with Crippen molar-refractivity contribution in [2.24, 2.45) is 5.92 Å². The molecule has 1 N–H and O–H groups in total. The van der Waals surface area contributed by atoms with Crippen molar-refractivity contribution < 1.29 is 4.39 Å². The van der Waals surface area contributed by atoms with Gasteiger partial charge < -0.3 is 10.2 Å². The first-order chi connectivity index (χ1) is 9.83. The normalized spacial score (nSPS) is 21.1. The molecule has 2 heterocycles. The van der Waals surface area contributed by atoms with Gasteiger partial charge in [-0.05, 0) is 81.3 Å². The van der Waals surface area contributed by atoms with Crippen molar-refractivity contribution in [3.63, 3.8) is 0 Å². The van der Waals surface area contributed by atoms with Gasteiger partial charge in [-0.1, -0.05) is 0 Å². The fraction of sp³-hybridized carbons (Fsp3) is 0.647. The second-order valence-corrected chi connectivity index (χ2v) is 6.22. The summed E-state index contributed by atoms with van der Waals surface area (Å²) in [5, 5.41) is 3.41. The van der Waals surface area contributed by atoms with Crippen molar-refractivity contribution in [1.82, 2.24) is 5.32 Å². The fourth-order valence-corrected chi connectivity index (χ4v) is 3.56. The topological polar surface area (TPSA) is 15.3 Å². The number of nitrogens with zero attached hydrogens (tertiary/aromatic N) is 1. The molecule has 0 radical (unpaired) electrons. The van der Waals surface area contributed by atoms with Gasteiger partial charge in [0.2, 0.25) is 0 Å². The Labute approximate surface area is 121 Å². The maximum atomic E-state index is 13.6. The largest absolute Gasteiger partial charge is 0.371 e. The molecule has 0 bridgehead atoms. The third-order valence-corrected chi connectivity index (χ3v) is 4.71. The van der Waals surface area contributed by atoms with Gasteiger partial charge in [0.15, 0.2) is 0 Å². The zero-order chi connectivity index (χ0) is 13.8. The third kappa shape index (κ3) is 3.32. The lowest BCUT2D eigenvalue weighted by Gasteiger charge is -2.32. The molecule has 3 rings (SSSR count). The molecule has 3 heteroatoms. The number of hydrogen-bond donors (Lipinski definition) is 1. The summed E-state index contributed by atoms with van der Waals surface area (Å²) in [4.78, 5) is 2.46. The van der Waals surface area contributed by atoms with Gasteiger partial charge in [-0.25, -0.2) is 4.39 Å². The van der Waals surface area contributed by atoms with Crippen LogP contribution >= 0.6 is 0 Å². The molecule has 1 aromatic rings. The van der Waals surface area contributed by atoms with Crippen LogP contribution in [0.4, 0.5) is 10.1 Å². The molecule has 0 aromatic heterocycles. The Kier molecular flexibility index (Phi) is 4.56. The Morgan fingerprint density at radius 1 is 1.10 bits per heavy atom. The molecule has 110 valence electrons. The quantitative estimate of drug-likeness (QED) is 0.910. The number of rotatable bonds is 3. The number of anilines is 1. The lowest BCUT2D eigenvalue weighted by Crippen LogP contribution is -2.31. The highest BCUT2D eigenvalue weighted by atomic mass is 19.1. The SMILES string of the molecule is Fc1ccc(N2CCCCC2)c(CC2CCNCC2)c1. The van der Waals surface area contributed by atoms with E-state index in [1.807, 2.05) is 6.07 Å². The van der Waals surface area contributed by atoms with Crippen molar-refractivity contribution in [2.45, 2.75) is 38.5 Å². The lowest BCUT2D eigenvalue weighted by molar-refractivity contribution is 0.372. The van der Waals surface area contributed by atoms with E-state index in [-0.39, 0.29) is 5.82 Å². The van der Waals surface area contributed by atoms with Crippen molar-refractivity contribution in [3.8, 4) is 0 Å². The van der Waals surface area contributed by atoms with Crippen LogP contribution in [0.3, 0.4) is 0 Å². The van der Waals surface area contributed by atoms with Crippen LogP contribution in [0.15, 0.2) is 18.2 Å². The van der Waals surface area contributed by atoms with Crippen molar-refractivity contribution >= 4 is 5.69 Å². The molecule has 2 saturated heterocycles. The zero-order valence-electron chi connectivity index (χ0n) is 12.2. The predicted molar refractivity (Wildman–Crippen MR) is 81.8 cm³/mol. The first-order valence-electron chi connectivity index (χ1n) is 8.07. The zero-order valence-corrected chi connectivity index (χ0v) is 12.2. The Morgan fingerprint density at radius 3 is 2.60 bits per heavy atom. The lowest BCUT2D eigenvalue weighted by atomic mass is 9.90. The first-order valence-corrected chi connectivity index (χ1v) is 8.07. The predicted octanol–water partition coefficient (Wildman–Crippen LogP) is 3.36. The van der Waals surface area contributed by atoms with E-state index in [9.17, 15) is 4.39 Å². The summed E-state index contributed by atoms with van der Waals surface area (Å²) in [5.41, 5.74) is 2.50. The summed E-state index contributed by atoms with van der Waals surface area (Å²) < 4.78 is 13.6. The third-order valence-electron chi connectivity index (χ3n) is 4.71. The van der Waals surface area contributed by atoms with E-state index in [4.69, 9.17) is 0 Å². The molecule has 0 amide bonds. The second-order valence-electron chi connectivity index (χ2n) is 6.22. The molecule has 0 atom stereocenters.